The molecule has 0 spiro atoms. The molecule has 11 heteroatoms. The second-order valence-corrected chi connectivity index (χ2v) is 8.24. The van der Waals surface area contributed by atoms with E-state index in [1.54, 1.807) is 7.11 Å². The van der Waals surface area contributed by atoms with Gasteiger partial charge in [-0.1, -0.05) is 36.4 Å². The van der Waals surface area contributed by atoms with Crippen molar-refractivity contribution in [1.29, 1.82) is 0 Å². The van der Waals surface area contributed by atoms with Crippen LogP contribution in [0.15, 0.2) is 66.7 Å². The number of benzene rings is 3. The van der Waals surface area contributed by atoms with Crippen molar-refractivity contribution in [2.75, 3.05) is 33.4 Å². The summed E-state index contributed by atoms with van der Waals surface area (Å²) in [7, 11) is -3.55. The molecule has 1 heterocycles. The molecule has 0 amide bonds. The monoisotopic (exact) mass is 502 g/mol. The van der Waals surface area contributed by atoms with Gasteiger partial charge in [-0.2, -0.15) is 0 Å². The van der Waals surface area contributed by atoms with Crippen LogP contribution in [0.4, 0.5) is 0 Å². The quantitative estimate of drug-likeness (QED) is 0.168. The van der Waals surface area contributed by atoms with Crippen LogP contribution in [0.1, 0.15) is 0 Å². The maximum atomic E-state index is 10.3. The smallest absolute Gasteiger partial charge is 0.161 e. The maximum absolute atomic E-state index is 10.3. The maximum Gasteiger partial charge on any atom is 0.161 e. The van der Waals surface area contributed by atoms with Crippen molar-refractivity contribution in [2.24, 2.45) is 0 Å². The Labute approximate surface area is 203 Å². The molecule has 0 saturated carbocycles. The van der Waals surface area contributed by atoms with E-state index in [-0.39, 0.29) is 6.61 Å². The van der Waals surface area contributed by atoms with Gasteiger partial charge >= 0.3 is 0 Å². The van der Waals surface area contributed by atoms with Crippen LogP contribution in [-0.2, 0) is 10.4 Å². The first-order valence-electron chi connectivity index (χ1n) is 10.7. The SMILES string of the molecule is COc1ccccc1OCCNCC(O)COc1cccc2[nH]c3ccccc3c12.O=S(=O)([O-])[O-]. The second-order valence-electron chi connectivity index (χ2n) is 7.43. The molecule has 1 unspecified atom stereocenters. The number of nitrogens with one attached hydrogen (secondary N) is 2. The zero-order chi connectivity index (χ0) is 25.3. The molecule has 3 aromatic carbocycles. The van der Waals surface area contributed by atoms with E-state index in [1.165, 1.54) is 0 Å². The van der Waals surface area contributed by atoms with Gasteiger partial charge in [0.25, 0.3) is 0 Å². The second kappa shape index (κ2) is 12.4. The van der Waals surface area contributed by atoms with Crippen LogP contribution in [0.5, 0.6) is 17.2 Å². The lowest BCUT2D eigenvalue weighted by Crippen LogP contribution is -2.33. The molecule has 1 atom stereocenters. The fraction of sp³-hybridized carbons (Fsp3) is 0.250. The average molecular weight is 503 g/mol. The highest BCUT2D eigenvalue weighted by atomic mass is 32.3. The van der Waals surface area contributed by atoms with Crippen molar-refractivity contribution < 1.29 is 36.8 Å². The van der Waals surface area contributed by atoms with Crippen LogP contribution in [0.2, 0.25) is 0 Å². The summed E-state index contributed by atoms with van der Waals surface area (Å²) in [5, 5.41) is 15.6. The third kappa shape index (κ3) is 8.12. The Kier molecular flexibility index (Phi) is 9.29. The lowest BCUT2D eigenvalue weighted by Gasteiger charge is -2.15. The third-order valence-electron chi connectivity index (χ3n) is 4.91. The summed E-state index contributed by atoms with van der Waals surface area (Å²) in [5.41, 5.74) is 2.09. The molecule has 188 valence electrons. The molecule has 0 aliphatic carbocycles. The minimum absolute atomic E-state index is 0.207. The van der Waals surface area contributed by atoms with E-state index in [2.05, 4.69) is 16.4 Å². The lowest BCUT2D eigenvalue weighted by atomic mass is 10.1. The Bertz CT molecular complexity index is 1330. The molecule has 0 bridgehead atoms. The predicted octanol–water partition coefficient (Wildman–Crippen LogP) is 2.40. The van der Waals surface area contributed by atoms with E-state index in [4.69, 9.17) is 31.7 Å². The Morgan fingerprint density at radius 1 is 0.914 bits per heavy atom. The minimum atomic E-state index is -5.17. The number of aromatic amines is 1. The van der Waals surface area contributed by atoms with Crippen molar-refractivity contribution in [2.45, 2.75) is 6.10 Å². The number of methoxy groups -OCH3 is 1. The van der Waals surface area contributed by atoms with E-state index in [1.807, 2.05) is 60.7 Å². The van der Waals surface area contributed by atoms with Crippen molar-refractivity contribution in [3.8, 4) is 17.2 Å². The molecule has 4 rings (SSSR count). The van der Waals surface area contributed by atoms with Gasteiger partial charge in [0.05, 0.1) is 12.6 Å². The van der Waals surface area contributed by atoms with Gasteiger partial charge < -0.3 is 38.7 Å². The zero-order valence-electron chi connectivity index (χ0n) is 19.0. The van der Waals surface area contributed by atoms with Gasteiger partial charge in [0, 0.05) is 39.8 Å². The molecule has 0 radical (unpaired) electrons. The van der Waals surface area contributed by atoms with Crippen LogP contribution in [-0.4, -0.2) is 67.1 Å². The summed E-state index contributed by atoms with van der Waals surface area (Å²) in [6, 6.07) is 21.6. The number of aliphatic hydroxyl groups is 1. The summed E-state index contributed by atoms with van der Waals surface area (Å²) in [6.45, 7) is 1.70. The Hall–Kier alpha value is -3.35. The number of ether oxygens (including phenoxy) is 3. The number of hydrogen-bond acceptors (Lipinski definition) is 9. The van der Waals surface area contributed by atoms with Crippen LogP contribution < -0.4 is 19.5 Å². The van der Waals surface area contributed by atoms with Crippen molar-refractivity contribution in [1.82, 2.24) is 10.3 Å². The predicted molar refractivity (Wildman–Crippen MR) is 129 cm³/mol. The van der Waals surface area contributed by atoms with Gasteiger partial charge in [0.15, 0.2) is 11.5 Å². The molecular formula is C24H26N2O8S-2. The van der Waals surface area contributed by atoms with Gasteiger partial charge in [-0.05, 0) is 30.3 Å². The Morgan fingerprint density at radius 3 is 2.29 bits per heavy atom. The van der Waals surface area contributed by atoms with Crippen molar-refractivity contribution in [3.05, 3.63) is 66.7 Å². The fourth-order valence-electron chi connectivity index (χ4n) is 3.47. The number of hydrogen-bond donors (Lipinski definition) is 3. The van der Waals surface area contributed by atoms with Gasteiger partial charge in [-0.3, -0.25) is 8.42 Å². The molecule has 1 aromatic heterocycles. The minimum Gasteiger partial charge on any atom is -0.759 e. The molecule has 3 N–H and O–H groups in total. The van der Waals surface area contributed by atoms with Crippen LogP contribution in [0.25, 0.3) is 21.8 Å². The number of para-hydroxylation sites is 3. The van der Waals surface area contributed by atoms with Crippen molar-refractivity contribution >= 4 is 32.2 Å². The number of aromatic nitrogens is 1. The first-order valence-corrected chi connectivity index (χ1v) is 12.0. The van der Waals surface area contributed by atoms with E-state index in [9.17, 15) is 5.11 Å². The third-order valence-corrected chi connectivity index (χ3v) is 4.91. The molecule has 0 aliphatic heterocycles. The van der Waals surface area contributed by atoms with Gasteiger partial charge in [0.2, 0.25) is 0 Å². The van der Waals surface area contributed by atoms with E-state index < -0.39 is 16.5 Å². The summed E-state index contributed by atoms with van der Waals surface area (Å²) < 4.78 is 51.0. The first-order chi connectivity index (χ1) is 16.8. The Morgan fingerprint density at radius 2 is 1.54 bits per heavy atom. The molecule has 0 fully saturated rings. The molecular weight excluding hydrogens is 476 g/mol. The fourth-order valence-corrected chi connectivity index (χ4v) is 3.47. The number of fused-ring (bicyclic) bond motifs is 3. The number of H-pyrrole nitrogens is 1. The van der Waals surface area contributed by atoms with Gasteiger partial charge in [-0.25, -0.2) is 0 Å². The van der Waals surface area contributed by atoms with Crippen LogP contribution in [0, 0.1) is 0 Å². The van der Waals surface area contributed by atoms with Gasteiger partial charge in [-0.15, -0.1) is 0 Å². The number of aliphatic hydroxyl groups excluding tert-OH is 1. The highest BCUT2D eigenvalue weighted by Gasteiger charge is 2.11. The van der Waals surface area contributed by atoms with E-state index >= 15 is 0 Å². The zero-order valence-corrected chi connectivity index (χ0v) is 19.8. The normalized spacial score (nSPS) is 12.1. The summed E-state index contributed by atoms with van der Waals surface area (Å²) in [5.74, 6) is 2.18. The molecule has 0 saturated heterocycles. The molecule has 0 aliphatic rings. The van der Waals surface area contributed by atoms with Crippen LogP contribution >= 0.6 is 0 Å². The van der Waals surface area contributed by atoms with Gasteiger partial charge in [0.1, 0.15) is 25.1 Å². The first kappa shape index (κ1) is 26.3. The molecule has 10 nitrogen and oxygen atoms in total. The lowest BCUT2D eigenvalue weighted by molar-refractivity contribution is 0.106. The van der Waals surface area contributed by atoms with E-state index in [0.717, 1.165) is 27.6 Å². The molecule has 4 aromatic rings. The van der Waals surface area contributed by atoms with Crippen molar-refractivity contribution in [3.63, 3.8) is 0 Å². The van der Waals surface area contributed by atoms with Crippen LogP contribution in [0.3, 0.4) is 0 Å². The topological polar surface area (TPSA) is 156 Å². The summed E-state index contributed by atoms with van der Waals surface area (Å²) in [6.07, 6.45) is -0.628. The summed E-state index contributed by atoms with van der Waals surface area (Å²) >= 11 is 0. The average Bonchev–Trinajstić information content (AvgIpc) is 3.21. The number of rotatable bonds is 10. The largest absolute Gasteiger partial charge is 0.759 e. The highest BCUT2D eigenvalue weighted by molar-refractivity contribution is 7.79. The Balaban J connectivity index is 0.000000623. The standard InChI is InChI=1S/C24H26N2O4.H2O4S/c1-28-21-10-4-5-11-22(21)29-14-13-25-15-17(27)16-30-23-12-6-9-20-24(23)18-7-2-3-8-19(18)26-20;1-5(2,3)4/h2-12,17,25-27H,13-16H2,1H3;(H2,1,2,3,4)/p-2. The highest BCUT2D eigenvalue weighted by Crippen LogP contribution is 2.33. The summed E-state index contributed by atoms with van der Waals surface area (Å²) in [4.78, 5) is 3.40. The van der Waals surface area contributed by atoms with E-state index in [0.29, 0.717) is 31.2 Å². The molecule has 35 heavy (non-hydrogen) atoms.